The van der Waals surface area contributed by atoms with Gasteiger partial charge in [-0.1, -0.05) is 12.1 Å². The molecule has 4 rings (SSSR count). The van der Waals surface area contributed by atoms with E-state index < -0.39 is 5.63 Å². The van der Waals surface area contributed by atoms with Crippen molar-refractivity contribution < 1.29 is 9.21 Å². The summed E-state index contributed by atoms with van der Waals surface area (Å²) < 4.78 is 5.28. The quantitative estimate of drug-likeness (QED) is 0.729. The smallest absolute Gasteiger partial charge is 0.336 e. The fraction of sp³-hybridized carbons (Fsp3) is 0.368. The van der Waals surface area contributed by atoms with Crippen LogP contribution in [0.2, 0.25) is 0 Å². The Bertz CT molecular complexity index is 994. The number of piperidine rings is 1. The SMILES string of the molecule is Cc1ccc2c(CC(=O)N3CCCC(c4ncn[nH]4)C3)cc(=O)oc2c1. The second-order valence-corrected chi connectivity index (χ2v) is 6.82. The molecule has 7 nitrogen and oxygen atoms in total. The van der Waals surface area contributed by atoms with Gasteiger partial charge in [0.2, 0.25) is 5.91 Å². The summed E-state index contributed by atoms with van der Waals surface area (Å²) in [6.07, 6.45) is 3.59. The topological polar surface area (TPSA) is 92.1 Å². The highest BCUT2D eigenvalue weighted by Crippen LogP contribution is 2.25. The van der Waals surface area contributed by atoms with Crippen LogP contribution in [0.25, 0.3) is 11.0 Å². The standard InChI is InChI=1S/C19H20N4O3/c1-12-4-5-15-14(9-18(25)26-16(15)7-12)8-17(24)23-6-2-3-13(10-23)19-20-11-21-22-19/h4-5,7,9,11,13H,2-3,6,8,10H2,1H3,(H,20,21,22). The van der Waals surface area contributed by atoms with Gasteiger partial charge >= 0.3 is 5.63 Å². The summed E-state index contributed by atoms with van der Waals surface area (Å²) in [5.41, 5.74) is 1.82. The highest BCUT2D eigenvalue weighted by Gasteiger charge is 2.26. The summed E-state index contributed by atoms with van der Waals surface area (Å²) in [7, 11) is 0. The lowest BCUT2D eigenvalue weighted by atomic mass is 9.96. The van der Waals surface area contributed by atoms with Gasteiger partial charge < -0.3 is 9.32 Å². The minimum absolute atomic E-state index is 0.0155. The van der Waals surface area contributed by atoms with E-state index in [9.17, 15) is 9.59 Å². The molecule has 3 heterocycles. The van der Waals surface area contributed by atoms with Crippen molar-refractivity contribution in [2.45, 2.75) is 32.1 Å². The fourth-order valence-electron chi connectivity index (χ4n) is 3.60. The summed E-state index contributed by atoms with van der Waals surface area (Å²) in [6.45, 7) is 3.28. The van der Waals surface area contributed by atoms with Gasteiger partial charge in [0.25, 0.3) is 0 Å². The number of nitrogens with one attached hydrogen (secondary N) is 1. The van der Waals surface area contributed by atoms with Crippen molar-refractivity contribution in [3.63, 3.8) is 0 Å². The van der Waals surface area contributed by atoms with Crippen molar-refractivity contribution >= 4 is 16.9 Å². The second-order valence-electron chi connectivity index (χ2n) is 6.82. The van der Waals surface area contributed by atoms with Crippen LogP contribution in [0, 0.1) is 6.92 Å². The zero-order chi connectivity index (χ0) is 18.1. The number of fused-ring (bicyclic) bond motifs is 1. The van der Waals surface area contributed by atoms with E-state index in [1.165, 1.54) is 12.4 Å². The number of aromatic amines is 1. The molecule has 1 fully saturated rings. The molecule has 0 saturated carbocycles. The normalized spacial score (nSPS) is 17.6. The predicted octanol–water partition coefficient (Wildman–Crippen LogP) is 2.17. The van der Waals surface area contributed by atoms with Crippen LogP contribution in [-0.4, -0.2) is 39.1 Å². The molecule has 1 atom stereocenters. The molecule has 0 aliphatic carbocycles. The molecular formula is C19H20N4O3. The number of rotatable bonds is 3. The lowest BCUT2D eigenvalue weighted by Gasteiger charge is -2.31. The van der Waals surface area contributed by atoms with E-state index in [0.717, 1.165) is 36.2 Å². The molecule has 1 aliphatic heterocycles. The Morgan fingerprint density at radius 1 is 1.38 bits per heavy atom. The van der Waals surface area contributed by atoms with Gasteiger partial charge in [0.1, 0.15) is 17.7 Å². The average molecular weight is 352 g/mol. The van der Waals surface area contributed by atoms with Crippen molar-refractivity contribution in [3.8, 4) is 0 Å². The molecule has 1 aromatic carbocycles. The molecule has 0 spiro atoms. The van der Waals surface area contributed by atoms with Crippen molar-refractivity contribution in [2.75, 3.05) is 13.1 Å². The zero-order valence-electron chi connectivity index (χ0n) is 14.6. The van der Waals surface area contributed by atoms with Gasteiger partial charge in [-0.2, -0.15) is 5.10 Å². The van der Waals surface area contributed by atoms with Crippen LogP contribution in [-0.2, 0) is 11.2 Å². The van der Waals surface area contributed by atoms with Crippen molar-refractivity contribution in [1.82, 2.24) is 20.1 Å². The Morgan fingerprint density at radius 2 is 2.27 bits per heavy atom. The van der Waals surface area contributed by atoms with Crippen LogP contribution in [0.15, 0.2) is 39.8 Å². The maximum absolute atomic E-state index is 12.9. The first kappa shape index (κ1) is 16.5. The van der Waals surface area contributed by atoms with E-state index in [1.807, 2.05) is 30.0 Å². The minimum atomic E-state index is -0.427. The zero-order valence-corrected chi connectivity index (χ0v) is 14.6. The first-order valence-corrected chi connectivity index (χ1v) is 8.76. The molecule has 134 valence electrons. The van der Waals surface area contributed by atoms with Crippen LogP contribution < -0.4 is 5.63 Å². The Labute approximate surface area is 150 Å². The summed E-state index contributed by atoms with van der Waals surface area (Å²) in [6, 6.07) is 7.11. The van der Waals surface area contributed by atoms with Gasteiger partial charge in [-0.15, -0.1) is 0 Å². The number of nitrogens with zero attached hydrogens (tertiary/aromatic N) is 3. The van der Waals surface area contributed by atoms with E-state index in [1.54, 1.807) is 0 Å². The second kappa shape index (κ2) is 6.74. The van der Waals surface area contributed by atoms with E-state index in [4.69, 9.17) is 4.42 Å². The highest BCUT2D eigenvalue weighted by atomic mass is 16.4. The van der Waals surface area contributed by atoms with Crippen molar-refractivity contribution in [3.05, 3.63) is 58.0 Å². The molecular weight excluding hydrogens is 332 g/mol. The maximum Gasteiger partial charge on any atom is 0.336 e. The van der Waals surface area contributed by atoms with Crippen LogP contribution >= 0.6 is 0 Å². The molecule has 26 heavy (non-hydrogen) atoms. The van der Waals surface area contributed by atoms with Crippen molar-refractivity contribution in [1.29, 1.82) is 0 Å². The summed E-state index contributed by atoms with van der Waals surface area (Å²) >= 11 is 0. The van der Waals surface area contributed by atoms with Crippen LogP contribution in [0.1, 0.15) is 35.7 Å². The number of carbonyl (C=O) groups is 1. The third-order valence-corrected chi connectivity index (χ3v) is 4.92. The van der Waals surface area contributed by atoms with Crippen LogP contribution in [0.4, 0.5) is 0 Å². The highest BCUT2D eigenvalue weighted by molar-refractivity contribution is 5.87. The van der Waals surface area contributed by atoms with Gasteiger partial charge in [-0.25, -0.2) is 9.78 Å². The Morgan fingerprint density at radius 3 is 3.08 bits per heavy atom. The summed E-state index contributed by atoms with van der Waals surface area (Å²) in [4.78, 5) is 30.8. The fourth-order valence-corrected chi connectivity index (χ4v) is 3.60. The number of aromatic nitrogens is 3. The molecule has 1 amide bonds. The number of amides is 1. The van der Waals surface area contributed by atoms with Gasteiger partial charge in [0, 0.05) is 30.5 Å². The number of aryl methyl sites for hydroxylation is 1. The molecule has 0 bridgehead atoms. The van der Waals surface area contributed by atoms with E-state index in [-0.39, 0.29) is 18.2 Å². The predicted molar refractivity (Wildman–Crippen MR) is 95.9 cm³/mol. The lowest BCUT2D eigenvalue weighted by molar-refractivity contribution is -0.131. The molecule has 1 aliphatic rings. The van der Waals surface area contributed by atoms with E-state index >= 15 is 0 Å². The number of H-pyrrole nitrogens is 1. The monoisotopic (exact) mass is 352 g/mol. The third-order valence-electron chi connectivity index (χ3n) is 4.92. The molecule has 7 heteroatoms. The Hall–Kier alpha value is -2.96. The van der Waals surface area contributed by atoms with Crippen molar-refractivity contribution in [2.24, 2.45) is 0 Å². The summed E-state index contributed by atoms with van der Waals surface area (Å²) in [5, 5.41) is 7.61. The number of hydrogen-bond acceptors (Lipinski definition) is 5. The maximum atomic E-state index is 12.9. The van der Waals surface area contributed by atoms with Gasteiger partial charge in [-0.3, -0.25) is 9.89 Å². The molecule has 2 aromatic heterocycles. The third kappa shape index (κ3) is 3.24. The van der Waals surface area contributed by atoms with Crippen LogP contribution in [0.3, 0.4) is 0 Å². The number of likely N-dealkylation sites (tertiary alicyclic amines) is 1. The van der Waals surface area contributed by atoms with Gasteiger partial charge in [0.05, 0.1) is 6.42 Å². The number of hydrogen-bond donors (Lipinski definition) is 1. The lowest BCUT2D eigenvalue weighted by Crippen LogP contribution is -2.40. The Kier molecular flexibility index (Phi) is 4.28. The molecule has 1 saturated heterocycles. The van der Waals surface area contributed by atoms with E-state index in [2.05, 4.69) is 15.2 Å². The largest absolute Gasteiger partial charge is 0.423 e. The summed E-state index contributed by atoms with van der Waals surface area (Å²) in [5.74, 6) is 1.01. The molecule has 1 unspecified atom stereocenters. The first-order chi connectivity index (χ1) is 12.6. The number of carbonyl (C=O) groups excluding carboxylic acids is 1. The van der Waals surface area contributed by atoms with Gasteiger partial charge in [-0.05, 0) is 37.0 Å². The van der Waals surface area contributed by atoms with Crippen LogP contribution in [0.5, 0.6) is 0 Å². The average Bonchev–Trinajstić information content (AvgIpc) is 3.16. The number of benzene rings is 1. The molecule has 3 aromatic rings. The molecule has 0 radical (unpaired) electrons. The minimum Gasteiger partial charge on any atom is -0.423 e. The first-order valence-electron chi connectivity index (χ1n) is 8.76. The Balaban J connectivity index is 1.56. The van der Waals surface area contributed by atoms with E-state index in [0.29, 0.717) is 17.7 Å². The van der Waals surface area contributed by atoms with Gasteiger partial charge in [0.15, 0.2) is 0 Å². The molecule has 1 N–H and O–H groups in total.